The summed E-state index contributed by atoms with van der Waals surface area (Å²) in [5.74, 6) is -0.498. The van der Waals surface area contributed by atoms with Crippen molar-refractivity contribution < 1.29 is 9.90 Å². The van der Waals surface area contributed by atoms with E-state index in [1.165, 1.54) is 4.80 Å². The van der Waals surface area contributed by atoms with Crippen molar-refractivity contribution in [1.29, 1.82) is 0 Å². The van der Waals surface area contributed by atoms with Gasteiger partial charge in [0.2, 0.25) is 5.82 Å². The molecule has 2 aromatic heterocycles. The van der Waals surface area contributed by atoms with Gasteiger partial charge in [-0.05, 0) is 17.3 Å². The summed E-state index contributed by atoms with van der Waals surface area (Å²) in [5.41, 5.74) is 0.615. The van der Waals surface area contributed by atoms with Gasteiger partial charge >= 0.3 is 5.97 Å². The van der Waals surface area contributed by atoms with Crippen LogP contribution >= 0.6 is 0 Å². The minimum absolute atomic E-state index is 0.0297. The highest BCUT2D eigenvalue weighted by Gasteiger charge is 2.07. The van der Waals surface area contributed by atoms with Crippen LogP contribution in [-0.2, 0) is 11.3 Å². The molecule has 0 unspecified atom stereocenters. The number of aliphatic carboxylic acids is 1. The van der Waals surface area contributed by atoms with Crippen LogP contribution in [0.25, 0.3) is 11.5 Å². The minimum Gasteiger partial charge on any atom is -0.481 e. The van der Waals surface area contributed by atoms with Gasteiger partial charge in [0.1, 0.15) is 5.69 Å². The summed E-state index contributed by atoms with van der Waals surface area (Å²) in [7, 11) is 0. The molecular formula is C9H9N5O2. The Hall–Kier alpha value is -2.31. The third-order valence-corrected chi connectivity index (χ3v) is 1.87. The molecule has 0 aliphatic carbocycles. The van der Waals surface area contributed by atoms with Crippen molar-refractivity contribution in [2.75, 3.05) is 0 Å². The Bertz CT molecular complexity index is 482. The van der Waals surface area contributed by atoms with E-state index in [9.17, 15) is 4.79 Å². The van der Waals surface area contributed by atoms with Crippen molar-refractivity contribution in [3.8, 4) is 11.5 Å². The first-order valence-corrected chi connectivity index (χ1v) is 4.67. The molecule has 0 spiro atoms. The molecule has 0 aromatic carbocycles. The number of rotatable bonds is 4. The van der Waals surface area contributed by atoms with E-state index in [-0.39, 0.29) is 13.0 Å². The molecule has 0 saturated heterocycles. The summed E-state index contributed by atoms with van der Waals surface area (Å²) in [4.78, 5) is 15.7. The third-order valence-electron chi connectivity index (χ3n) is 1.87. The highest BCUT2D eigenvalue weighted by Crippen LogP contribution is 2.07. The van der Waals surface area contributed by atoms with Gasteiger partial charge in [-0.25, -0.2) is 0 Å². The van der Waals surface area contributed by atoms with Gasteiger partial charge in [-0.1, -0.05) is 6.07 Å². The summed E-state index contributed by atoms with van der Waals surface area (Å²) < 4.78 is 0. The Balaban J connectivity index is 2.11. The summed E-state index contributed by atoms with van der Waals surface area (Å²) in [5, 5.41) is 20.0. The molecule has 0 radical (unpaired) electrons. The average Bonchev–Trinajstić information content (AvgIpc) is 2.76. The van der Waals surface area contributed by atoms with E-state index in [4.69, 9.17) is 5.11 Å². The molecule has 0 bridgehead atoms. The Morgan fingerprint density at radius 2 is 2.31 bits per heavy atom. The van der Waals surface area contributed by atoms with Crippen LogP contribution in [0.2, 0.25) is 0 Å². The van der Waals surface area contributed by atoms with Crippen LogP contribution in [0.15, 0.2) is 24.4 Å². The molecular weight excluding hydrogens is 210 g/mol. The SMILES string of the molecule is O=C(O)CCn1nnc(-c2ccccn2)n1. The fourth-order valence-corrected chi connectivity index (χ4v) is 1.13. The maximum atomic E-state index is 10.3. The molecule has 1 N–H and O–H groups in total. The van der Waals surface area contributed by atoms with Gasteiger partial charge in [0.05, 0.1) is 13.0 Å². The molecule has 16 heavy (non-hydrogen) atoms. The van der Waals surface area contributed by atoms with Crippen LogP contribution in [0.4, 0.5) is 0 Å². The molecule has 7 heteroatoms. The maximum Gasteiger partial charge on any atom is 0.305 e. The van der Waals surface area contributed by atoms with E-state index in [1.807, 2.05) is 6.07 Å². The molecule has 2 heterocycles. The zero-order valence-electron chi connectivity index (χ0n) is 8.32. The van der Waals surface area contributed by atoms with Crippen molar-refractivity contribution in [3.05, 3.63) is 24.4 Å². The van der Waals surface area contributed by atoms with E-state index in [0.717, 1.165) is 0 Å². The quantitative estimate of drug-likeness (QED) is 0.789. The first kappa shape index (κ1) is 10.2. The van der Waals surface area contributed by atoms with Crippen LogP contribution in [0.3, 0.4) is 0 Å². The zero-order valence-corrected chi connectivity index (χ0v) is 8.32. The number of carboxylic acids is 1. The van der Waals surface area contributed by atoms with Gasteiger partial charge in [0, 0.05) is 6.20 Å². The number of aryl methyl sites for hydroxylation is 1. The number of nitrogens with zero attached hydrogens (tertiary/aromatic N) is 5. The van der Waals surface area contributed by atoms with Crippen molar-refractivity contribution >= 4 is 5.97 Å². The van der Waals surface area contributed by atoms with Crippen LogP contribution in [-0.4, -0.2) is 36.3 Å². The molecule has 2 rings (SSSR count). The van der Waals surface area contributed by atoms with E-state index in [1.54, 1.807) is 18.3 Å². The minimum atomic E-state index is -0.892. The Morgan fingerprint density at radius 1 is 1.44 bits per heavy atom. The number of hydrogen-bond acceptors (Lipinski definition) is 5. The number of hydrogen-bond donors (Lipinski definition) is 1. The topological polar surface area (TPSA) is 93.8 Å². The number of carbonyl (C=O) groups is 1. The molecule has 2 aromatic rings. The molecule has 7 nitrogen and oxygen atoms in total. The standard InChI is InChI=1S/C9H9N5O2/c15-8(16)4-6-14-12-9(11-13-14)7-3-1-2-5-10-7/h1-3,5H,4,6H2,(H,15,16). The highest BCUT2D eigenvalue weighted by molar-refractivity contribution is 5.66. The van der Waals surface area contributed by atoms with Crippen molar-refractivity contribution in [1.82, 2.24) is 25.2 Å². The lowest BCUT2D eigenvalue weighted by molar-refractivity contribution is -0.137. The lowest BCUT2D eigenvalue weighted by Crippen LogP contribution is -2.07. The van der Waals surface area contributed by atoms with Crippen LogP contribution < -0.4 is 0 Å². The van der Waals surface area contributed by atoms with Gasteiger partial charge in [-0.15, -0.1) is 10.2 Å². The summed E-state index contributed by atoms with van der Waals surface area (Å²) >= 11 is 0. The van der Waals surface area contributed by atoms with E-state index >= 15 is 0 Å². The molecule has 0 aliphatic rings. The van der Waals surface area contributed by atoms with E-state index in [2.05, 4.69) is 20.4 Å². The second-order valence-electron chi connectivity index (χ2n) is 3.07. The van der Waals surface area contributed by atoms with Crippen molar-refractivity contribution in [2.24, 2.45) is 0 Å². The third kappa shape index (κ3) is 2.38. The van der Waals surface area contributed by atoms with Crippen molar-refractivity contribution in [3.63, 3.8) is 0 Å². The summed E-state index contributed by atoms with van der Waals surface area (Å²) in [6.07, 6.45) is 1.60. The van der Waals surface area contributed by atoms with Gasteiger partial charge in [0.25, 0.3) is 0 Å². The zero-order chi connectivity index (χ0) is 11.4. The van der Waals surface area contributed by atoms with Crippen molar-refractivity contribution in [2.45, 2.75) is 13.0 Å². The Kier molecular flexibility index (Phi) is 2.86. The lowest BCUT2D eigenvalue weighted by Gasteiger charge is -1.93. The van der Waals surface area contributed by atoms with Gasteiger partial charge in [-0.3, -0.25) is 9.78 Å². The smallest absolute Gasteiger partial charge is 0.305 e. The van der Waals surface area contributed by atoms with Gasteiger partial charge < -0.3 is 5.11 Å². The number of tetrazole rings is 1. The molecule has 0 saturated carbocycles. The highest BCUT2D eigenvalue weighted by atomic mass is 16.4. The predicted octanol–water partition coefficient (Wildman–Crippen LogP) is 0.210. The first-order chi connectivity index (χ1) is 7.75. The molecule has 0 amide bonds. The second kappa shape index (κ2) is 4.47. The second-order valence-corrected chi connectivity index (χ2v) is 3.07. The fourth-order valence-electron chi connectivity index (χ4n) is 1.13. The van der Waals surface area contributed by atoms with Gasteiger partial charge in [-0.2, -0.15) is 4.80 Å². The average molecular weight is 219 g/mol. The number of carboxylic acid groups (broad SMARTS) is 1. The van der Waals surface area contributed by atoms with Crippen LogP contribution in [0.1, 0.15) is 6.42 Å². The molecule has 0 atom stereocenters. The Labute approximate surface area is 90.7 Å². The number of pyridine rings is 1. The monoisotopic (exact) mass is 219 g/mol. The maximum absolute atomic E-state index is 10.3. The van der Waals surface area contributed by atoms with Crippen LogP contribution in [0, 0.1) is 0 Å². The largest absolute Gasteiger partial charge is 0.481 e. The Morgan fingerprint density at radius 3 is 3.00 bits per heavy atom. The number of aromatic nitrogens is 5. The molecule has 82 valence electrons. The summed E-state index contributed by atoms with van der Waals surface area (Å²) in [6, 6.07) is 5.37. The van der Waals surface area contributed by atoms with E-state index < -0.39 is 5.97 Å². The first-order valence-electron chi connectivity index (χ1n) is 4.67. The predicted molar refractivity (Wildman–Crippen MR) is 53.3 cm³/mol. The van der Waals surface area contributed by atoms with E-state index in [0.29, 0.717) is 11.5 Å². The molecule has 0 aliphatic heterocycles. The van der Waals surface area contributed by atoms with Gasteiger partial charge in [0.15, 0.2) is 0 Å². The normalized spacial score (nSPS) is 10.2. The lowest BCUT2D eigenvalue weighted by atomic mass is 10.3. The summed E-state index contributed by atoms with van der Waals surface area (Å²) in [6.45, 7) is 0.204. The molecule has 0 fully saturated rings. The fraction of sp³-hybridized carbons (Fsp3) is 0.222. The van der Waals surface area contributed by atoms with Crippen LogP contribution in [0.5, 0.6) is 0 Å².